The molecule has 19 heavy (non-hydrogen) atoms. The van der Waals surface area contributed by atoms with Crippen LogP contribution in [0.1, 0.15) is 36.2 Å². The molecule has 1 amide bonds. The van der Waals surface area contributed by atoms with E-state index < -0.39 is 22.3 Å². The summed E-state index contributed by atoms with van der Waals surface area (Å²) in [7, 11) is 0. The Kier molecular flexibility index (Phi) is 3.24. The van der Waals surface area contributed by atoms with Crippen molar-refractivity contribution in [3.63, 3.8) is 0 Å². The highest BCUT2D eigenvalue weighted by molar-refractivity contribution is 5.97. The summed E-state index contributed by atoms with van der Waals surface area (Å²) in [4.78, 5) is 35.4. The summed E-state index contributed by atoms with van der Waals surface area (Å²) in [5, 5.41) is 22.2. The number of aromatic amines is 1. The van der Waals surface area contributed by atoms with Crippen molar-refractivity contribution in [3.05, 3.63) is 27.9 Å². The fourth-order valence-electron chi connectivity index (χ4n) is 2.28. The van der Waals surface area contributed by atoms with Gasteiger partial charge in [-0.2, -0.15) is 0 Å². The molecule has 8 heteroatoms. The number of nitrogens with one attached hydrogen (secondary N) is 2. The van der Waals surface area contributed by atoms with Gasteiger partial charge in [0, 0.05) is 6.07 Å². The van der Waals surface area contributed by atoms with Crippen molar-refractivity contribution in [3.8, 4) is 0 Å². The standard InChI is InChI=1S/C11H13N3O5/c15-9(7-3-4-8(12-7)14(18)19)13-11(10(16)17)5-1-2-6-11/h3-4,12H,1-2,5-6H2,(H,13,15)(H,16,17). The molecule has 8 nitrogen and oxygen atoms in total. The van der Waals surface area contributed by atoms with Gasteiger partial charge in [0.1, 0.15) is 5.54 Å². The quantitative estimate of drug-likeness (QED) is 0.555. The molecule has 0 unspecified atom stereocenters. The number of hydrogen-bond acceptors (Lipinski definition) is 4. The number of carboxylic acid groups (broad SMARTS) is 1. The number of carbonyl (C=O) groups excluding carboxylic acids is 1. The molecule has 0 aliphatic heterocycles. The Morgan fingerprint density at radius 3 is 2.47 bits per heavy atom. The lowest BCUT2D eigenvalue weighted by Gasteiger charge is -2.24. The van der Waals surface area contributed by atoms with Crippen LogP contribution in [0, 0.1) is 10.1 Å². The molecule has 1 heterocycles. The molecule has 0 radical (unpaired) electrons. The smallest absolute Gasteiger partial charge is 0.329 e. The minimum Gasteiger partial charge on any atom is -0.480 e. The molecule has 1 aromatic heterocycles. The molecular formula is C11H13N3O5. The monoisotopic (exact) mass is 267 g/mol. The number of H-pyrrole nitrogens is 1. The van der Waals surface area contributed by atoms with Crippen molar-refractivity contribution in [1.29, 1.82) is 0 Å². The van der Waals surface area contributed by atoms with Crippen LogP contribution in [0.5, 0.6) is 0 Å². The van der Waals surface area contributed by atoms with Crippen LogP contribution in [0.4, 0.5) is 5.82 Å². The highest BCUT2D eigenvalue weighted by atomic mass is 16.6. The number of hydrogen-bond donors (Lipinski definition) is 3. The Bertz CT molecular complexity index is 530. The third-order valence-corrected chi connectivity index (χ3v) is 3.33. The van der Waals surface area contributed by atoms with Gasteiger partial charge in [-0.3, -0.25) is 4.79 Å². The minimum absolute atomic E-state index is 0.0146. The summed E-state index contributed by atoms with van der Waals surface area (Å²) < 4.78 is 0. The molecule has 0 saturated heterocycles. The van der Waals surface area contributed by atoms with Crippen LogP contribution >= 0.6 is 0 Å². The van der Waals surface area contributed by atoms with E-state index in [0.29, 0.717) is 12.8 Å². The lowest BCUT2D eigenvalue weighted by atomic mass is 9.97. The molecule has 1 saturated carbocycles. The molecule has 1 aromatic rings. The highest BCUT2D eigenvalue weighted by Crippen LogP contribution is 2.30. The molecule has 102 valence electrons. The first-order valence-electron chi connectivity index (χ1n) is 5.84. The summed E-state index contributed by atoms with van der Waals surface area (Å²) in [6, 6.07) is 2.43. The number of amides is 1. The lowest BCUT2D eigenvalue weighted by Crippen LogP contribution is -2.52. The second-order valence-electron chi connectivity index (χ2n) is 4.56. The Hall–Kier alpha value is -2.38. The fraction of sp³-hybridized carbons (Fsp3) is 0.455. The van der Waals surface area contributed by atoms with E-state index in [1.165, 1.54) is 6.07 Å². The number of carboxylic acids is 1. The predicted molar refractivity (Wildman–Crippen MR) is 63.7 cm³/mol. The number of nitro groups is 1. The van der Waals surface area contributed by atoms with Gasteiger partial charge in [-0.25, -0.2) is 9.78 Å². The van der Waals surface area contributed by atoms with Crippen LogP contribution in [0.3, 0.4) is 0 Å². The van der Waals surface area contributed by atoms with Gasteiger partial charge in [0.2, 0.25) is 0 Å². The maximum atomic E-state index is 11.9. The van der Waals surface area contributed by atoms with Crippen LogP contribution in [0.15, 0.2) is 12.1 Å². The molecule has 1 fully saturated rings. The first-order valence-corrected chi connectivity index (χ1v) is 5.84. The van der Waals surface area contributed by atoms with Gasteiger partial charge in [0.15, 0.2) is 5.69 Å². The topological polar surface area (TPSA) is 125 Å². The van der Waals surface area contributed by atoms with E-state index in [0.717, 1.165) is 18.9 Å². The largest absolute Gasteiger partial charge is 0.480 e. The van der Waals surface area contributed by atoms with Crippen LogP contribution in [0.2, 0.25) is 0 Å². The van der Waals surface area contributed by atoms with E-state index in [1.54, 1.807) is 0 Å². The predicted octanol–water partition coefficient (Wildman–Crippen LogP) is 1.05. The van der Waals surface area contributed by atoms with E-state index in [1.807, 2.05) is 0 Å². The summed E-state index contributed by atoms with van der Waals surface area (Å²) in [5.41, 5.74) is -1.27. The SMILES string of the molecule is O=C(NC1(C(=O)O)CCCC1)c1ccc([N+](=O)[O-])[nH]1. The zero-order valence-electron chi connectivity index (χ0n) is 10.0. The average Bonchev–Trinajstić information content (AvgIpc) is 2.97. The van der Waals surface area contributed by atoms with Crippen molar-refractivity contribution < 1.29 is 19.6 Å². The van der Waals surface area contributed by atoms with Gasteiger partial charge in [0.05, 0.1) is 0 Å². The average molecular weight is 267 g/mol. The van der Waals surface area contributed by atoms with Gasteiger partial charge >= 0.3 is 11.8 Å². The van der Waals surface area contributed by atoms with E-state index >= 15 is 0 Å². The second kappa shape index (κ2) is 4.71. The fourth-order valence-corrected chi connectivity index (χ4v) is 2.28. The van der Waals surface area contributed by atoms with Gasteiger partial charge in [-0.05, 0) is 23.8 Å². The Labute approximate surface area is 108 Å². The maximum Gasteiger partial charge on any atom is 0.329 e. The molecule has 2 rings (SSSR count). The second-order valence-corrected chi connectivity index (χ2v) is 4.56. The highest BCUT2D eigenvalue weighted by Gasteiger charge is 2.43. The molecule has 0 bridgehead atoms. The summed E-state index contributed by atoms with van der Waals surface area (Å²) in [6.07, 6.45) is 2.21. The van der Waals surface area contributed by atoms with Crippen molar-refractivity contribution in [2.24, 2.45) is 0 Å². The third-order valence-electron chi connectivity index (χ3n) is 3.33. The molecular weight excluding hydrogens is 254 g/mol. The molecule has 3 N–H and O–H groups in total. The number of nitrogens with zero attached hydrogens (tertiary/aromatic N) is 1. The lowest BCUT2D eigenvalue weighted by molar-refractivity contribution is -0.389. The van der Waals surface area contributed by atoms with Crippen molar-refractivity contribution in [2.45, 2.75) is 31.2 Å². The Morgan fingerprint density at radius 2 is 2.00 bits per heavy atom. The van der Waals surface area contributed by atoms with Gasteiger partial charge in [-0.1, -0.05) is 12.8 Å². The molecule has 0 aromatic carbocycles. The van der Waals surface area contributed by atoms with Crippen LogP contribution in [-0.4, -0.2) is 32.4 Å². The van der Waals surface area contributed by atoms with E-state index in [2.05, 4.69) is 10.3 Å². The van der Waals surface area contributed by atoms with E-state index in [4.69, 9.17) is 0 Å². The normalized spacial score (nSPS) is 17.1. The maximum absolute atomic E-state index is 11.9. The number of aromatic nitrogens is 1. The number of aliphatic carboxylic acids is 1. The minimum atomic E-state index is -1.25. The van der Waals surface area contributed by atoms with E-state index in [9.17, 15) is 24.8 Å². The van der Waals surface area contributed by atoms with Gasteiger partial charge in [-0.15, -0.1) is 0 Å². The Balaban J connectivity index is 2.15. The Morgan fingerprint density at radius 1 is 1.37 bits per heavy atom. The van der Waals surface area contributed by atoms with Crippen molar-refractivity contribution >= 4 is 17.7 Å². The molecule has 0 atom stereocenters. The summed E-state index contributed by atoms with van der Waals surface area (Å²) in [5.74, 6) is -2.02. The zero-order chi connectivity index (χ0) is 14.0. The van der Waals surface area contributed by atoms with Crippen LogP contribution in [0.25, 0.3) is 0 Å². The molecule has 1 aliphatic rings. The first-order chi connectivity index (χ1) is 8.94. The number of rotatable bonds is 4. The number of carbonyl (C=O) groups is 2. The molecule has 0 spiro atoms. The van der Waals surface area contributed by atoms with Crippen molar-refractivity contribution in [1.82, 2.24) is 10.3 Å². The summed E-state index contributed by atoms with van der Waals surface area (Å²) in [6.45, 7) is 0. The zero-order valence-corrected chi connectivity index (χ0v) is 10.0. The van der Waals surface area contributed by atoms with E-state index in [-0.39, 0.29) is 11.5 Å². The van der Waals surface area contributed by atoms with Gasteiger partial charge < -0.3 is 20.5 Å². The third kappa shape index (κ3) is 2.42. The van der Waals surface area contributed by atoms with Crippen LogP contribution < -0.4 is 5.32 Å². The van der Waals surface area contributed by atoms with Gasteiger partial charge in [0.25, 0.3) is 5.91 Å². The van der Waals surface area contributed by atoms with Crippen molar-refractivity contribution in [2.75, 3.05) is 0 Å². The van der Waals surface area contributed by atoms with Crippen LogP contribution in [-0.2, 0) is 4.79 Å². The first kappa shape index (κ1) is 13.1. The summed E-state index contributed by atoms with van der Waals surface area (Å²) >= 11 is 0. The molecule has 1 aliphatic carbocycles.